The second-order valence-corrected chi connectivity index (χ2v) is 6.16. The molecule has 1 amide bonds. The van der Waals surface area contributed by atoms with E-state index in [1.807, 2.05) is 17.0 Å². The summed E-state index contributed by atoms with van der Waals surface area (Å²) < 4.78 is 21.5. The van der Waals surface area contributed by atoms with Crippen LogP contribution in [0.15, 0.2) is 12.1 Å². The van der Waals surface area contributed by atoms with E-state index in [1.54, 1.807) is 40.2 Å². The Bertz CT molecular complexity index is 552. The van der Waals surface area contributed by atoms with Crippen LogP contribution in [0, 0.1) is 0 Å². The van der Waals surface area contributed by atoms with E-state index >= 15 is 0 Å². The molecule has 1 atom stereocenters. The lowest BCUT2D eigenvalue weighted by Gasteiger charge is -2.36. The Kier molecular flexibility index (Phi) is 6.41. The van der Waals surface area contributed by atoms with E-state index in [-0.39, 0.29) is 11.3 Å². The van der Waals surface area contributed by atoms with Crippen molar-refractivity contribution in [1.29, 1.82) is 0 Å². The molecule has 1 aliphatic rings. The Hall–Kier alpha value is -1.60. The number of carbonyl (C=O) groups is 1. The van der Waals surface area contributed by atoms with Crippen molar-refractivity contribution in [3.05, 3.63) is 17.7 Å². The summed E-state index contributed by atoms with van der Waals surface area (Å²) in [5.41, 5.74) is 0.902. The quantitative estimate of drug-likeness (QED) is 0.759. The third kappa shape index (κ3) is 3.67. The van der Waals surface area contributed by atoms with Crippen LogP contribution in [0.3, 0.4) is 0 Å². The van der Waals surface area contributed by atoms with Crippen molar-refractivity contribution in [2.24, 2.45) is 0 Å². The van der Waals surface area contributed by atoms with Gasteiger partial charge in [-0.2, -0.15) is 0 Å². The van der Waals surface area contributed by atoms with Crippen LogP contribution in [0.25, 0.3) is 0 Å². The highest BCUT2D eigenvalue weighted by atomic mass is 32.2. The molecule has 0 aliphatic carbocycles. The molecule has 1 heterocycles. The molecule has 0 bridgehead atoms. The van der Waals surface area contributed by atoms with Gasteiger partial charge in [-0.15, -0.1) is 11.8 Å². The van der Waals surface area contributed by atoms with E-state index in [0.717, 1.165) is 11.3 Å². The zero-order valence-electron chi connectivity index (χ0n) is 14.0. The smallest absolute Gasteiger partial charge is 0.224 e. The van der Waals surface area contributed by atoms with Gasteiger partial charge in [0.15, 0.2) is 11.5 Å². The molecule has 1 aromatic carbocycles. The first-order valence-electron chi connectivity index (χ1n) is 7.36. The summed E-state index contributed by atoms with van der Waals surface area (Å²) in [4.78, 5) is 14.2. The van der Waals surface area contributed by atoms with Crippen LogP contribution in [0.2, 0.25) is 0 Å². The minimum atomic E-state index is -0.124. The Morgan fingerprint density at radius 1 is 1.13 bits per heavy atom. The van der Waals surface area contributed by atoms with E-state index in [0.29, 0.717) is 36.8 Å². The number of amides is 1. The van der Waals surface area contributed by atoms with Gasteiger partial charge >= 0.3 is 0 Å². The molecule has 1 aromatic rings. The summed E-state index contributed by atoms with van der Waals surface area (Å²) >= 11 is 1.71. The van der Waals surface area contributed by atoms with Crippen LogP contribution in [0.1, 0.15) is 17.4 Å². The summed E-state index contributed by atoms with van der Waals surface area (Å²) in [6, 6.07) is 3.76. The maximum atomic E-state index is 12.3. The minimum Gasteiger partial charge on any atom is -0.493 e. The van der Waals surface area contributed by atoms with Gasteiger partial charge < -0.3 is 23.8 Å². The van der Waals surface area contributed by atoms with Crippen molar-refractivity contribution < 1.29 is 23.7 Å². The molecule has 2 rings (SSSR count). The predicted octanol–water partition coefficient (Wildman–Crippen LogP) is 2.32. The van der Waals surface area contributed by atoms with E-state index in [1.165, 1.54) is 0 Å². The minimum absolute atomic E-state index is 0.124. The van der Waals surface area contributed by atoms with E-state index in [2.05, 4.69) is 0 Å². The fourth-order valence-corrected chi connectivity index (χ4v) is 3.91. The van der Waals surface area contributed by atoms with Gasteiger partial charge in [-0.3, -0.25) is 4.79 Å². The van der Waals surface area contributed by atoms with Gasteiger partial charge in [-0.05, 0) is 12.1 Å². The highest BCUT2D eigenvalue weighted by Crippen LogP contribution is 2.47. The molecule has 0 saturated carbocycles. The number of hydrogen-bond acceptors (Lipinski definition) is 6. The average Bonchev–Trinajstić information content (AvgIpc) is 2.59. The zero-order valence-corrected chi connectivity index (χ0v) is 14.8. The number of benzene rings is 1. The van der Waals surface area contributed by atoms with Crippen LogP contribution >= 0.6 is 11.8 Å². The third-order valence-corrected chi connectivity index (χ3v) is 5.00. The lowest BCUT2D eigenvalue weighted by Crippen LogP contribution is -2.39. The molecule has 7 heteroatoms. The molecule has 0 aromatic heterocycles. The lowest BCUT2D eigenvalue weighted by atomic mass is 10.1. The van der Waals surface area contributed by atoms with Crippen molar-refractivity contribution in [2.45, 2.75) is 11.8 Å². The van der Waals surface area contributed by atoms with Crippen LogP contribution in [0.5, 0.6) is 17.2 Å². The molecule has 1 saturated heterocycles. The van der Waals surface area contributed by atoms with Gasteiger partial charge in [0, 0.05) is 31.4 Å². The van der Waals surface area contributed by atoms with Crippen LogP contribution in [-0.4, -0.2) is 58.2 Å². The summed E-state index contributed by atoms with van der Waals surface area (Å²) in [6.45, 7) is 1.04. The number of carbonyl (C=O) groups excluding carboxylic acids is 1. The largest absolute Gasteiger partial charge is 0.493 e. The van der Waals surface area contributed by atoms with Crippen LogP contribution in [0.4, 0.5) is 0 Å². The third-order valence-electron chi connectivity index (χ3n) is 3.73. The fourth-order valence-electron chi connectivity index (χ4n) is 2.63. The number of hydrogen-bond donors (Lipinski definition) is 0. The molecule has 23 heavy (non-hydrogen) atoms. The standard InChI is InChI=1S/C16H23NO5S/c1-19-9-8-17-13(18)7-10-23-16(17)11-5-6-12(20-2)15(22-4)14(11)21-3/h5-6,16H,7-10H2,1-4H3. The lowest BCUT2D eigenvalue weighted by molar-refractivity contribution is -0.132. The van der Waals surface area contributed by atoms with E-state index in [4.69, 9.17) is 18.9 Å². The summed E-state index contributed by atoms with van der Waals surface area (Å²) in [5, 5.41) is -0.124. The van der Waals surface area contributed by atoms with Crippen LogP contribution < -0.4 is 14.2 Å². The molecule has 128 valence electrons. The average molecular weight is 341 g/mol. The summed E-state index contributed by atoms with van der Waals surface area (Å²) in [5.74, 6) is 2.65. The first-order chi connectivity index (χ1) is 11.2. The SMILES string of the molecule is COCCN1C(=O)CCSC1c1ccc(OC)c(OC)c1OC. The molecule has 0 spiro atoms. The van der Waals surface area contributed by atoms with Gasteiger partial charge in [0.2, 0.25) is 11.7 Å². The van der Waals surface area contributed by atoms with E-state index < -0.39 is 0 Å². The number of rotatable bonds is 7. The van der Waals surface area contributed by atoms with E-state index in [9.17, 15) is 4.79 Å². The van der Waals surface area contributed by atoms with Gasteiger partial charge in [-0.25, -0.2) is 0 Å². The van der Waals surface area contributed by atoms with Crippen molar-refractivity contribution in [1.82, 2.24) is 4.90 Å². The van der Waals surface area contributed by atoms with Gasteiger partial charge in [0.25, 0.3) is 0 Å². The first-order valence-corrected chi connectivity index (χ1v) is 8.41. The number of methoxy groups -OCH3 is 4. The molecule has 1 unspecified atom stereocenters. The van der Waals surface area contributed by atoms with Crippen molar-refractivity contribution >= 4 is 17.7 Å². The molecule has 0 N–H and O–H groups in total. The second kappa shape index (κ2) is 8.31. The monoisotopic (exact) mass is 341 g/mol. The van der Waals surface area contributed by atoms with Crippen molar-refractivity contribution in [2.75, 3.05) is 47.3 Å². The topological polar surface area (TPSA) is 57.2 Å². The van der Waals surface area contributed by atoms with Gasteiger partial charge in [0.1, 0.15) is 5.37 Å². The van der Waals surface area contributed by atoms with Gasteiger partial charge in [0.05, 0.1) is 27.9 Å². The molecule has 0 radical (unpaired) electrons. The van der Waals surface area contributed by atoms with Crippen LogP contribution in [-0.2, 0) is 9.53 Å². The Labute approximate surface area is 141 Å². The van der Waals surface area contributed by atoms with Crippen molar-refractivity contribution in [3.63, 3.8) is 0 Å². The zero-order chi connectivity index (χ0) is 16.8. The Balaban J connectivity index is 2.43. The maximum absolute atomic E-state index is 12.3. The molecular weight excluding hydrogens is 318 g/mol. The number of ether oxygens (including phenoxy) is 4. The Morgan fingerprint density at radius 2 is 1.87 bits per heavy atom. The fraction of sp³-hybridized carbons (Fsp3) is 0.562. The van der Waals surface area contributed by atoms with Gasteiger partial charge in [-0.1, -0.05) is 0 Å². The molecular formula is C16H23NO5S. The second-order valence-electron chi connectivity index (χ2n) is 4.98. The van der Waals surface area contributed by atoms with Crippen molar-refractivity contribution in [3.8, 4) is 17.2 Å². The normalized spacial score (nSPS) is 18.0. The molecule has 1 fully saturated rings. The molecule has 1 aliphatic heterocycles. The number of nitrogens with zero attached hydrogens (tertiary/aromatic N) is 1. The molecule has 6 nitrogen and oxygen atoms in total. The Morgan fingerprint density at radius 3 is 2.48 bits per heavy atom. The number of thioether (sulfide) groups is 1. The first kappa shape index (κ1) is 17.7. The maximum Gasteiger partial charge on any atom is 0.224 e. The summed E-state index contributed by atoms with van der Waals surface area (Å²) in [6.07, 6.45) is 0.542. The highest BCUT2D eigenvalue weighted by Gasteiger charge is 2.33. The predicted molar refractivity (Wildman–Crippen MR) is 89.5 cm³/mol. The summed E-state index contributed by atoms with van der Waals surface area (Å²) in [7, 11) is 6.38. The highest BCUT2D eigenvalue weighted by molar-refractivity contribution is 7.99.